The second-order valence-electron chi connectivity index (χ2n) is 3.61. The van der Waals surface area contributed by atoms with Crippen LogP contribution >= 0.6 is 0 Å². The molecule has 0 aliphatic carbocycles. The molecular weight excluding hydrogens is 150 g/mol. The van der Waals surface area contributed by atoms with Gasteiger partial charge in [0.25, 0.3) is 0 Å². The van der Waals surface area contributed by atoms with E-state index in [0.717, 1.165) is 5.69 Å². The Balaban J connectivity index is 2.19. The molecule has 0 bridgehead atoms. The Kier molecular flexibility index (Phi) is 1.89. The first-order chi connectivity index (χ1) is 5.77. The van der Waals surface area contributed by atoms with Crippen LogP contribution in [0.2, 0.25) is 0 Å². The van der Waals surface area contributed by atoms with Crippen LogP contribution in [-0.2, 0) is 0 Å². The number of aromatic amines is 1. The minimum atomic E-state index is 0.551. The molecule has 1 aliphatic rings. The molecule has 0 spiro atoms. The maximum Gasteiger partial charge on any atom is 0.0796 e. The Morgan fingerprint density at radius 2 is 2.50 bits per heavy atom. The molecule has 0 saturated carbocycles. The molecule has 2 rings (SSSR count). The maximum atomic E-state index is 4.28. The van der Waals surface area contributed by atoms with Crippen molar-refractivity contribution in [2.24, 2.45) is 0 Å². The van der Waals surface area contributed by atoms with Gasteiger partial charge < -0.3 is 0 Å². The lowest BCUT2D eigenvalue weighted by atomic mass is 10.1. The SMILES string of the molecule is Cc1cc(C2CCCN2C)n[nH]1. The summed E-state index contributed by atoms with van der Waals surface area (Å²) in [7, 11) is 2.17. The summed E-state index contributed by atoms with van der Waals surface area (Å²) < 4.78 is 0. The molecule has 66 valence electrons. The molecule has 1 aliphatic heterocycles. The van der Waals surface area contributed by atoms with Crippen molar-refractivity contribution in [1.29, 1.82) is 0 Å². The van der Waals surface area contributed by atoms with E-state index in [1.165, 1.54) is 25.1 Å². The Morgan fingerprint density at radius 3 is 3.00 bits per heavy atom. The minimum absolute atomic E-state index is 0.551. The summed E-state index contributed by atoms with van der Waals surface area (Å²) >= 11 is 0. The van der Waals surface area contributed by atoms with Crippen molar-refractivity contribution >= 4 is 0 Å². The van der Waals surface area contributed by atoms with Crippen molar-refractivity contribution in [2.75, 3.05) is 13.6 Å². The fraction of sp³-hybridized carbons (Fsp3) is 0.667. The van der Waals surface area contributed by atoms with Gasteiger partial charge >= 0.3 is 0 Å². The molecular formula is C9H15N3. The van der Waals surface area contributed by atoms with Crippen LogP contribution in [0.1, 0.15) is 30.3 Å². The molecule has 1 aromatic rings. The van der Waals surface area contributed by atoms with Crippen molar-refractivity contribution in [3.63, 3.8) is 0 Å². The summed E-state index contributed by atoms with van der Waals surface area (Å²) in [5, 5.41) is 7.27. The number of H-pyrrole nitrogens is 1. The van der Waals surface area contributed by atoms with Gasteiger partial charge in [-0.3, -0.25) is 10.00 Å². The van der Waals surface area contributed by atoms with Crippen LogP contribution in [0.3, 0.4) is 0 Å². The monoisotopic (exact) mass is 165 g/mol. The number of aryl methyl sites for hydroxylation is 1. The molecule has 1 fully saturated rings. The number of aromatic nitrogens is 2. The van der Waals surface area contributed by atoms with Crippen molar-refractivity contribution in [1.82, 2.24) is 15.1 Å². The van der Waals surface area contributed by atoms with Crippen molar-refractivity contribution < 1.29 is 0 Å². The Hall–Kier alpha value is -0.830. The molecule has 2 heterocycles. The first-order valence-corrected chi connectivity index (χ1v) is 4.49. The third-order valence-corrected chi connectivity index (χ3v) is 2.59. The molecule has 3 nitrogen and oxygen atoms in total. The molecule has 0 amide bonds. The van der Waals surface area contributed by atoms with Gasteiger partial charge in [-0.25, -0.2) is 0 Å². The summed E-state index contributed by atoms with van der Waals surface area (Å²) in [6, 6.07) is 2.70. The highest BCUT2D eigenvalue weighted by Crippen LogP contribution is 2.28. The molecule has 3 heteroatoms. The van der Waals surface area contributed by atoms with Crippen LogP contribution in [-0.4, -0.2) is 28.7 Å². The fourth-order valence-electron chi connectivity index (χ4n) is 1.89. The summed E-state index contributed by atoms with van der Waals surface area (Å²) in [6.45, 7) is 3.25. The number of likely N-dealkylation sites (tertiary alicyclic amines) is 1. The van der Waals surface area contributed by atoms with Crippen LogP contribution < -0.4 is 0 Å². The van der Waals surface area contributed by atoms with Crippen LogP contribution in [0.4, 0.5) is 0 Å². The largest absolute Gasteiger partial charge is 0.298 e. The summed E-state index contributed by atoms with van der Waals surface area (Å²) in [6.07, 6.45) is 2.55. The van der Waals surface area contributed by atoms with Gasteiger partial charge in [0, 0.05) is 5.69 Å². The lowest BCUT2D eigenvalue weighted by molar-refractivity contribution is 0.311. The Morgan fingerprint density at radius 1 is 1.67 bits per heavy atom. The van der Waals surface area contributed by atoms with Crippen LogP contribution in [0.5, 0.6) is 0 Å². The lowest BCUT2D eigenvalue weighted by Gasteiger charge is -2.16. The second kappa shape index (κ2) is 2.90. The van der Waals surface area contributed by atoms with Crippen LogP contribution in [0.15, 0.2) is 6.07 Å². The average molecular weight is 165 g/mol. The molecule has 1 N–H and O–H groups in total. The van der Waals surface area contributed by atoms with E-state index < -0.39 is 0 Å². The predicted octanol–water partition coefficient (Wildman–Crippen LogP) is 1.48. The van der Waals surface area contributed by atoms with E-state index in [-0.39, 0.29) is 0 Å². The lowest BCUT2D eigenvalue weighted by Crippen LogP contribution is -2.17. The van der Waals surface area contributed by atoms with Crippen molar-refractivity contribution in [2.45, 2.75) is 25.8 Å². The van der Waals surface area contributed by atoms with Gasteiger partial charge in [0.1, 0.15) is 0 Å². The van der Waals surface area contributed by atoms with Gasteiger partial charge in [0.15, 0.2) is 0 Å². The zero-order valence-corrected chi connectivity index (χ0v) is 7.67. The zero-order valence-electron chi connectivity index (χ0n) is 7.67. The van der Waals surface area contributed by atoms with E-state index in [1.54, 1.807) is 0 Å². The fourth-order valence-corrected chi connectivity index (χ4v) is 1.89. The number of rotatable bonds is 1. The Bertz CT molecular complexity index is 266. The maximum absolute atomic E-state index is 4.28. The highest BCUT2D eigenvalue weighted by molar-refractivity contribution is 5.12. The van der Waals surface area contributed by atoms with E-state index in [1.807, 2.05) is 6.92 Å². The van der Waals surface area contributed by atoms with Gasteiger partial charge in [-0.2, -0.15) is 5.10 Å². The van der Waals surface area contributed by atoms with Gasteiger partial charge in [-0.1, -0.05) is 0 Å². The topological polar surface area (TPSA) is 31.9 Å². The molecule has 0 aromatic carbocycles. The van der Waals surface area contributed by atoms with E-state index in [4.69, 9.17) is 0 Å². The normalized spacial score (nSPS) is 25.0. The number of hydrogen-bond donors (Lipinski definition) is 1. The van der Waals surface area contributed by atoms with E-state index >= 15 is 0 Å². The van der Waals surface area contributed by atoms with E-state index in [0.29, 0.717) is 6.04 Å². The number of hydrogen-bond acceptors (Lipinski definition) is 2. The quantitative estimate of drug-likeness (QED) is 0.683. The molecule has 1 aromatic heterocycles. The third-order valence-electron chi connectivity index (χ3n) is 2.59. The van der Waals surface area contributed by atoms with E-state index in [2.05, 4.69) is 28.2 Å². The highest BCUT2D eigenvalue weighted by atomic mass is 15.2. The molecule has 12 heavy (non-hydrogen) atoms. The van der Waals surface area contributed by atoms with Crippen LogP contribution in [0, 0.1) is 6.92 Å². The molecule has 1 atom stereocenters. The molecule has 0 radical (unpaired) electrons. The molecule has 1 saturated heterocycles. The summed E-state index contributed by atoms with van der Waals surface area (Å²) in [5.41, 5.74) is 2.36. The van der Waals surface area contributed by atoms with Gasteiger partial charge in [0.05, 0.1) is 11.7 Å². The van der Waals surface area contributed by atoms with Gasteiger partial charge in [-0.05, 0) is 39.4 Å². The van der Waals surface area contributed by atoms with Crippen molar-refractivity contribution in [3.05, 3.63) is 17.5 Å². The average Bonchev–Trinajstić information content (AvgIpc) is 2.58. The summed E-state index contributed by atoms with van der Waals surface area (Å²) in [5.74, 6) is 0. The van der Waals surface area contributed by atoms with Crippen molar-refractivity contribution in [3.8, 4) is 0 Å². The molecule has 1 unspecified atom stereocenters. The zero-order chi connectivity index (χ0) is 8.55. The highest BCUT2D eigenvalue weighted by Gasteiger charge is 2.24. The summed E-state index contributed by atoms with van der Waals surface area (Å²) in [4.78, 5) is 2.37. The second-order valence-corrected chi connectivity index (χ2v) is 3.61. The number of nitrogens with zero attached hydrogens (tertiary/aromatic N) is 2. The third kappa shape index (κ3) is 1.25. The predicted molar refractivity (Wildman–Crippen MR) is 47.9 cm³/mol. The number of nitrogens with one attached hydrogen (secondary N) is 1. The first-order valence-electron chi connectivity index (χ1n) is 4.49. The van der Waals surface area contributed by atoms with Gasteiger partial charge in [-0.15, -0.1) is 0 Å². The Labute approximate surface area is 72.8 Å². The van der Waals surface area contributed by atoms with E-state index in [9.17, 15) is 0 Å². The van der Waals surface area contributed by atoms with Gasteiger partial charge in [0.2, 0.25) is 0 Å². The smallest absolute Gasteiger partial charge is 0.0796 e. The first kappa shape index (κ1) is 7.80. The van der Waals surface area contributed by atoms with Crippen LogP contribution in [0.25, 0.3) is 0 Å². The standard InChI is InChI=1S/C9H15N3/c1-7-6-8(11-10-7)9-4-3-5-12(9)2/h6,9H,3-5H2,1-2H3,(H,10,11). The minimum Gasteiger partial charge on any atom is -0.298 e.